The third kappa shape index (κ3) is 2.27. The van der Waals surface area contributed by atoms with Gasteiger partial charge in [-0.2, -0.15) is 0 Å². The van der Waals surface area contributed by atoms with Crippen molar-refractivity contribution in [1.82, 2.24) is 0 Å². The van der Waals surface area contributed by atoms with E-state index >= 15 is 0 Å². The van der Waals surface area contributed by atoms with Crippen molar-refractivity contribution in [2.24, 2.45) is 5.90 Å². The van der Waals surface area contributed by atoms with Gasteiger partial charge in [-0.3, -0.25) is 0 Å². The number of aliphatic hydroxyl groups excluding tert-OH is 1. The van der Waals surface area contributed by atoms with Crippen molar-refractivity contribution in [3.8, 4) is 0 Å². The van der Waals surface area contributed by atoms with Crippen LogP contribution in [0.25, 0.3) is 0 Å². The van der Waals surface area contributed by atoms with Crippen molar-refractivity contribution >= 4 is 0 Å². The highest BCUT2D eigenvalue weighted by Gasteiger charge is 2.06. The molecule has 0 radical (unpaired) electrons. The molecule has 0 amide bonds. The van der Waals surface area contributed by atoms with E-state index in [9.17, 15) is 9.50 Å². The van der Waals surface area contributed by atoms with E-state index in [2.05, 4.69) is 4.84 Å². The van der Waals surface area contributed by atoms with Gasteiger partial charge < -0.3 is 9.94 Å². The molecular formula is C8H10FNO2. The fourth-order valence-electron chi connectivity index (χ4n) is 0.901. The first-order valence-electron chi connectivity index (χ1n) is 3.49. The summed E-state index contributed by atoms with van der Waals surface area (Å²) >= 11 is 0. The van der Waals surface area contributed by atoms with Crippen LogP contribution >= 0.6 is 0 Å². The van der Waals surface area contributed by atoms with E-state index in [4.69, 9.17) is 5.90 Å². The monoisotopic (exact) mass is 171 g/mol. The second-order valence-electron chi connectivity index (χ2n) is 2.40. The van der Waals surface area contributed by atoms with Crippen LogP contribution in [-0.4, -0.2) is 11.7 Å². The van der Waals surface area contributed by atoms with E-state index in [0.29, 0.717) is 5.56 Å². The predicted molar refractivity (Wildman–Crippen MR) is 41.5 cm³/mol. The molecule has 0 aliphatic rings. The Morgan fingerprint density at radius 3 is 2.92 bits per heavy atom. The fourth-order valence-corrected chi connectivity index (χ4v) is 0.901. The van der Waals surface area contributed by atoms with E-state index in [0.717, 1.165) is 0 Å². The van der Waals surface area contributed by atoms with Crippen LogP contribution in [0.4, 0.5) is 4.39 Å². The van der Waals surface area contributed by atoms with Gasteiger partial charge in [0.2, 0.25) is 0 Å². The Balaban J connectivity index is 2.73. The molecule has 3 nitrogen and oxygen atoms in total. The highest BCUT2D eigenvalue weighted by Crippen LogP contribution is 2.13. The Kier molecular flexibility index (Phi) is 3.16. The van der Waals surface area contributed by atoms with Crippen LogP contribution in [0.5, 0.6) is 0 Å². The Morgan fingerprint density at radius 1 is 1.58 bits per heavy atom. The molecule has 1 rings (SSSR count). The lowest BCUT2D eigenvalue weighted by Gasteiger charge is -2.08. The summed E-state index contributed by atoms with van der Waals surface area (Å²) < 4.78 is 12.6. The average molecular weight is 171 g/mol. The Bertz CT molecular complexity index is 255. The van der Waals surface area contributed by atoms with Crippen molar-refractivity contribution < 1.29 is 14.3 Å². The molecule has 0 saturated heterocycles. The zero-order valence-electron chi connectivity index (χ0n) is 6.40. The first kappa shape index (κ1) is 9.12. The zero-order chi connectivity index (χ0) is 8.97. The Labute approximate surface area is 69.5 Å². The van der Waals surface area contributed by atoms with Crippen LogP contribution in [0, 0.1) is 5.82 Å². The molecule has 1 unspecified atom stereocenters. The smallest absolute Gasteiger partial charge is 0.123 e. The van der Waals surface area contributed by atoms with Gasteiger partial charge in [0, 0.05) is 0 Å². The Morgan fingerprint density at radius 2 is 2.33 bits per heavy atom. The molecule has 3 N–H and O–H groups in total. The lowest BCUT2D eigenvalue weighted by Crippen LogP contribution is -2.10. The molecule has 0 aliphatic heterocycles. The molecule has 0 spiro atoms. The first-order chi connectivity index (χ1) is 5.74. The lowest BCUT2D eigenvalue weighted by atomic mass is 10.1. The first-order valence-corrected chi connectivity index (χ1v) is 3.49. The van der Waals surface area contributed by atoms with Gasteiger partial charge in [-0.05, 0) is 17.7 Å². The molecule has 0 aromatic heterocycles. The standard InChI is InChI=1S/C8H10FNO2/c9-7-3-1-2-6(4-7)8(11)5-12-10/h1-4,8,11H,5,10H2. The molecule has 0 bridgehead atoms. The minimum atomic E-state index is -0.870. The largest absolute Gasteiger partial charge is 0.386 e. The van der Waals surface area contributed by atoms with Gasteiger partial charge in [0.25, 0.3) is 0 Å². The SMILES string of the molecule is NOCC(O)c1cccc(F)c1. The van der Waals surface area contributed by atoms with E-state index in [-0.39, 0.29) is 12.4 Å². The third-order valence-corrected chi connectivity index (χ3v) is 1.49. The topological polar surface area (TPSA) is 55.5 Å². The molecule has 0 aliphatic carbocycles. The summed E-state index contributed by atoms with van der Waals surface area (Å²) in [4.78, 5) is 4.23. The molecule has 66 valence electrons. The quantitative estimate of drug-likeness (QED) is 0.660. The molecule has 1 aromatic carbocycles. The van der Waals surface area contributed by atoms with Gasteiger partial charge in [-0.25, -0.2) is 10.3 Å². The molecule has 1 atom stereocenters. The van der Waals surface area contributed by atoms with E-state index in [1.807, 2.05) is 0 Å². The number of nitrogens with two attached hydrogens (primary N) is 1. The highest BCUT2D eigenvalue weighted by molar-refractivity contribution is 5.18. The van der Waals surface area contributed by atoms with Crippen LogP contribution in [0.15, 0.2) is 24.3 Å². The van der Waals surface area contributed by atoms with Gasteiger partial charge in [-0.15, -0.1) is 0 Å². The minimum Gasteiger partial charge on any atom is -0.386 e. The second kappa shape index (κ2) is 4.15. The average Bonchev–Trinajstić information content (AvgIpc) is 2.05. The van der Waals surface area contributed by atoms with Crippen LogP contribution in [0.3, 0.4) is 0 Å². The summed E-state index contributed by atoms with van der Waals surface area (Å²) in [7, 11) is 0. The van der Waals surface area contributed by atoms with Crippen LogP contribution in [0.1, 0.15) is 11.7 Å². The maximum absolute atomic E-state index is 12.6. The third-order valence-electron chi connectivity index (χ3n) is 1.49. The maximum Gasteiger partial charge on any atom is 0.123 e. The summed E-state index contributed by atoms with van der Waals surface area (Å²) in [5, 5.41) is 9.27. The number of halogens is 1. The summed E-state index contributed by atoms with van der Waals surface area (Å²) in [5.74, 6) is 4.37. The molecule has 0 fully saturated rings. The van der Waals surface area contributed by atoms with Gasteiger partial charge in [0.05, 0.1) is 6.61 Å². The number of hydrogen-bond donors (Lipinski definition) is 2. The molecule has 4 heteroatoms. The minimum absolute atomic E-state index is 0.0382. The van der Waals surface area contributed by atoms with Crippen LogP contribution < -0.4 is 5.90 Å². The predicted octanol–water partition coefficient (Wildman–Crippen LogP) is 0.749. The highest BCUT2D eigenvalue weighted by atomic mass is 19.1. The summed E-state index contributed by atoms with van der Waals surface area (Å²) in [5.41, 5.74) is 0.459. The van der Waals surface area contributed by atoms with E-state index in [1.54, 1.807) is 6.07 Å². The number of benzene rings is 1. The van der Waals surface area contributed by atoms with Crippen molar-refractivity contribution in [1.29, 1.82) is 0 Å². The normalized spacial score (nSPS) is 12.9. The van der Waals surface area contributed by atoms with Gasteiger partial charge in [0.15, 0.2) is 0 Å². The van der Waals surface area contributed by atoms with Crippen LogP contribution in [-0.2, 0) is 4.84 Å². The summed E-state index contributed by atoms with van der Waals surface area (Å²) in [6.45, 7) is -0.0382. The van der Waals surface area contributed by atoms with Crippen molar-refractivity contribution in [3.05, 3.63) is 35.6 Å². The van der Waals surface area contributed by atoms with Crippen molar-refractivity contribution in [2.45, 2.75) is 6.10 Å². The molecule has 0 saturated carbocycles. The number of rotatable bonds is 3. The van der Waals surface area contributed by atoms with E-state index < -0.39 is 6.10 Å². The maximum atomic E-state index is 12.6. The van der Waals surface area contributed by atoms with Gasteiger partial charge in [0.1, 0.15) is 11.9 Å². The van der Waals surface area contributed by atoms with Gasteiger partial charge >= 0.3 is 0 Å². The molecule has 1 aromatic rings. The van der Waals surface area contributed by atoms with Crippen molar-refractivity contribution in [3.63, 3.8) is 0 Å². The number of hydrogen-bond acceptors (Lipinski definition) is 3. The Hall–Kier alpha value is -0.970. The molecule has 12 heavy (non-hydrogen) atoms. The zero-order valence-corrected chi connectivity index (χ0v) is 6.40. The van der Waals surface area contributed by atoms with Gasteiger partial charge in [-0.1, -0.05) is 12.1 Å². The van der Waals surface area contributed by atoms with Crippen molar-refractivity contribution in [2.75, 3.05) is 6.61 Å². The second-order valence-corrected chi connectivity index (χ2v) is 2.40. The lowest BCUT2D eigenvalue weighted by molar-refractivity contribution is 0.0357. The molecular weight excluding hydrogens is 161 g/mol. The summed E-state index contributed by atoms with van der Waals surface area (Å²) in [6.07, 6.45) is -0.870. The molecule has 0 heterocycles. The fraction of sp³-hybridized carbons (Fsp3) is 0.250. The van der Waals surface area contributed by atoms with E-state index in [1.165, 1.54) is 18.2 Å². The summed E-state index contributed by atoms with van der Waals surface area (Å²) in [6, 6.07) is 5.67. The van der Waals surface area contributed by atoms with Crippen LogP contribution in [0.2, 0.25) is 0 Å². The number of aliphatic hydroxyl groups is 1.